The first-order valence-electron chi connectivity index (χ1n) is 7.60. The molecule has 0 aliphatic rings. The van der Waals surface area contributed by atoms with Crippen LogP contribution in [0.5, 0.6) is 0 Å². The molecule has 0 aliphatic heterocycles. The molecule has 114 valence electrons. The van der Waals surface area contributed by atoms with Crippen LogP contribution < -0.4 is 0 Å². The molecule has 0 bridgehead atoms. The van der Waals surface area contributed by atoms with Crippen molar-refractivity contribution in [3.05, 3.63) is 0 Å². The van der Waals surface area contributed by atoms with Crippen LogP contribution in [0.1, 0.15) is 67.2 Å². The summed E-state index contributed by atoms with van der Waals surface area (Å²) >= 11 is 0. The normalized spacial score (nSPS) is 15.1. The first kappa shape index (κ1) is 18.4. The molecule has 0 aromatic carbocycles. The standard InChI is InChI=1S/C16H32O3/c1-7-9-10-14(8-2)12-18-11-13(3)19-15(17)16(4,5)6/h13-14H,7-12H2,1-6H3. The van der Waals surface area contributed by atoms with E-state index in [-0.39, 0.29) is 12.1 Å². The van der Waals surface area contributed by atoms with Crippen LogP contribution in [-0.2, 0) is 14.3 Å². The van der Waals surface area contributed by atoms with E-state index < -0.39 is 5.41 Å². The van der Waals surface area contributed by atoms with Gasteiger partial charge in [-0.3, -0.25) is 4.79 Å². The Bertz CT molecular complexity index is 243. The highest BCUT2D eigenvalue weighted by Gasteiger charge is 2.24. The van der Waals surface area contributed by atoms with Crippen LogP contribution in [0.2, 0.25) is 0 Å². The van der Waals surface area contributed by atoms with E-state index in [9.17, 15) is 4.79 Å². The van der Waals surface area contributed by atoms with Crippen molar-refractivity contribution in [2.45, 2.75) is 73.3 Å². The molecule has 0 saturated heterocycles. The fourth-order valence-corrected chi connectivity index (χ4v) is 1.69. The van der Waals surface area contributed by atoms with Crippen molar-refractivity contribution in [2.24, 2.45) is 11.3 Å². The molecule has 19 heavy (non-hydrogen) atoms. The van der Waals surface area contributed by atoms with Gasteiger partial charge in [0.15, 0.2) is 0 Å². The third-order valence-corrected chi connectivity index (χ3v) is 3.17. The lowest BCUT2D eigenvalue weighted by molar-refractivity contribution is -0.160. The average Bonchev–Trinajstić information content (AvgIpc) is 2.32. The first-order valence-corrected chi connectivity index (χ1v) is 7.60. The summed E-state index contributed by atoms with van der Waals surface area (Å²) in [5.41, 5.74) is -0.443. The maximum atomic E-state index is 11.7. The second-order valence-electron chi connectivity index (χ2n) is 6.42. The minimum Gasteiger partial charge on any atom is -0.460 e. The quantitative estimate of drug-likeness (QED) is 0.590. The number of carbonyl (C=O) groups excluding carboxylic acids is 1. The van der Waals surface area contributed by atoms with E-state index in [4.69, 9.17) is 9.47 Å². The molecule has 2 atom stereocenters. The van der Waals surface area contributed by atoms with Crippen LogP contribution >= 0.6 is 0 Å². The summed E-state index contributed by atoms with van der Waals surface area (Å²) in [4.78, 5) is 11.7. The highest BCUT2D eigenvalue weighted by atomic mass is 16.6. The molecule has 0 fully saturated rings. The smallest absolute Gasteiger partial charge is 0.311 e. The van der Waals surface area contributed by atoms with Crippen LogP contribution in [-0.4, -0.2) is 25.3 Å². The van der Waals surface area contributed by atoms with E-state index >= 15 is 0 Å². The van der Waals surface area contributed by atoms with Gasteiger partial charge >= 0.3 is 5.97 Å². The second-order valence-corrected chi connectivity index (χ2v) is 6.42. The van der Waals surface area contributed by atoms with E-state index in [0.717, 1.165) is 13.0 Å². The number of hydrogen-bond donors (Lipinski definition) is 0. The number of rotatable bonds is 9. The maximum absolute atomic E-state index is 11.7. The minimum atomic E-state index is -0.443. The molecule has 3 heteroatoms. The highest BCUT2D eigenvalue weighted by Crippen LogP contribution is 2.17. The number of esters is 1. The Kier molecular flexibility index (Phi) is 9.07. The summed E-state index contributed by atoms with van der Waals surface area (Å²) < 4.78 is 11.0. The van der Waals surface area contributed by atoms with Crippen LogP contribution in [0.15, 0.2) is 0 Å². The van der Waals surface area contributed by atoms with Gasteiger partial charge in [-0.25, -0.2) is 0 Å². The molecule has 3 nitrogen and oxygen atoms in total. The summed E-state index contributed by atoms with van der Waals surface area (Å²) in [5.74, 6) is 0.465. The molecule has 0 spiro atoms. The number of unbranched alkanes of at least 4 members (excludes halogenated alkanes) is 1. The Morgan fingerprint density at radius 2 is 1.79 bits per heavy atom. The van der Waals surface area contributed by atoms with E-state index in [1.807, 2.05) is 27.7 Å². The fourth-order valence-electron chi connectivity index (χ4n) is 1.69. The topological polar surface area (TPSA) is 35.5 Å². The molecule has 0 rings (SSSR count). The van der Waals surface area contributed by atoms with E-state index in [1.165, 1.54) is 19.3 Å². The summed E-state index contributed by atoms with van der Waals surface area (Å²) in [5, 5.41) is 0. The predicted molar refractivity (Wildman–Crippen MR) is 79.1 cm³/mol. The molecule has 0 aliphatic carbocycles. The van der Waals surface area contributed by atoms with Crippen molar-refractivity contribution in [1.29, 1.82) is 0 Å². The fraction of sp³-hybridized carbons (Fsp3) is 0.938. The highest BCUT2D eigenvalue weighted by molar-refractivity contribution is 5.75. The summed E-state index contributed by atoms with van der Waals surface area (Å²) in [6.07, 6.45) is 4.70. The van der Waals surface area contributed by atoms with E-state index in [1.54, 1.807) is 0 Å². The average molecular weight is 272 g/mol. The molecule has 0 aromatic heterocycles. The van der Waals surface area contributed by atoms with Gasteiger partial charge in [0.1, 0.15) is 6.10 Å². The lowest BCUT2D eigenvalue weighted by Gasteiger charge is -2.22. The van der Waals surface area contributed by atoms with Crippen molar-refractivity contribution < 1.29 is 14.3 Å². The zero-order chi connectivity index (χ0) is 14.9. The van der Waals surface area contributed by atoms with E-state index in [0.29, 0.717) is 12.5 Å². The van der Waals surface area contributed by atoms with Gasteiger partial charge in [-0.05, 0) is 40.0 Å². The lowest BCUT2D eigenvalue weighted by atomic mass is 9.97. The van der Waals surface area contributed by atoms with Crippen LogP contribution in [0, 0.1) is 11.3 Å². The molecule has 2 unspecified atom stereocenters. The Hall–Kier alpha value is -0.570. The monoisotopic (exact) mass is 272 g/mol. The largest absolute Gasteiger partial charge is 0.460 e. The summed E-state index contributed by atoms with van der Waals surface area (Å²) in [6, 6.07) is 0. The molecule has 0 heterocycles. The Balaban J connectivity index is 3.84. The second kappa shape index (κ2) is 9.35. The number of carbonyl (C=O) groups is 1. The minimum absolute atomic E-state index is 0.165. The van der Waals surface area contributed by atoms with Crippen molar-refractivity contribution in [3.63, 3.8) is 0 Å². The number of ether oxygens (including phenoxy) is 2. The zero-order valence-corrected chi connectivity index (χ0v) is 13.6. The molecule has 0 saturated carbocycles. The molecule has 0 N–H and O–H groups in total. The van der Waals surface area contributed by atoms with Crippen LogP contribution in [0.25, 0.3) is 0 Å². The zero-order valence-electron chi connectivity index (χ0n) is 13.6. The van der Waals surface area contributed by atoms with Gasteiger partial charge in [0, 0.05) is 6.61 Å². The predicted octanol–water partition coefficient (Wildman–Crippen LogP) is 4.20. The SMILES string of the molecule is CCCCC(CC)COCC(C)OC(=O)C(C)(C)C. The van der Waals surface area contributed by atoms with E-state index in [2.05, 4.69) is 13.8 Å². The van der Waals surface area contributed by atoms with Gasteiger partial charge in [0.25, 0.3) is 0 Å². The van der Waals surface area contributed by atoms with Crippen molar-refractivity contribution in [3.8, 4) is 0 Å². The van der Waals surface area contributed by atoms with Crippen molar-refractivity contribution in [1.82, 2.24) is 0 Å². The molecule has 0 radical (unpaired) electrons. The Morgan fingerprint density at radius 3 is 2.26 bits per heavy atom. The molecule has 0 aromatic rings. The number of hydrogen-bond acceptors (Lipinski definition) is 3. The molecular weight excluding hydrogens is 240 g/mol. The summed E-state index contributed by atoms with van der Waals surface area (Å²) in [7, 11) is 0. The van der Waals surface area contributed by atoms with Crippen LogP contribution in [0.4, 0.5) is 0 Å². The Morgan fingerprint density at radius 1 is 1.16 bits per heavy atom. The molecule has 0 amide bonds. The van der Waals surface area contributed by atoms with Crippen LogP contribution in [0.3, 0.4) is 0 Å². The first-order chi connectivity index (χ1) is 8.81. The molecular formula is C16H32O3. The lowest BCUT2D eigenvalue weighted by Crippen LogP contribution is -2.29. The van der Waals surface area contributed by atoms with Gasteiger partial charge in [-0.2, -0.15) is 0 Å². The van der Waals surface area contributed by atoms with Gasteiger partial charge < -0.3 is 9.47 Å². The van der Waals surface area contributed by atoms with Gasteiger partial charge in [-0.1, -0.05) is 33.1 Å². The maximum Gasteiger partial charge on any atom is 0.311 e. The Labute approximate surface area is 119 Å². The van der Waals surface area contributed by atoms with Gasteiger partial charge in [0.05, 0.1) is 12.0 Å². The van der Waals surface area contributed by atoms with Gasteiger partial charge in [-0.15, -0.1) is 0 Å². The van der Waals surface area contributed by atoms with Crippen molar-refractivity contribution >= 4 is 5.97 Å². The summed E-state index contributed by atoms with van der Waals surface area (Å²) in [6.45, 7) is 13.1. The third-order valence-electron chi connectivity index (χ3n) is 3.17. The third kappa shape index (κ3) is 9.04. The van der Waals surface area contributed by atoms with Crippen molar-refractivity contribution in [2.75, 3.05) is 13.2 Å². The van der Waals surface area contributed by atoms with Gasteiger partial charge in [0.2, 0.25) is 0 Å².